The van der Waals surface area contributed by atoms with E-state index in [0.29, 0.717) is 29.2 Å². The van der Waals surface area contributed by atoms with Crippen molar-refractivity contribution >= 4 is 16.7 Å². The van der Waals surface area contributed by atoms with Crippen LogP contribution >= 0.6 is 0 Å². The van der Waals surface area contributed by atoms with Crippen molar-refractivity contribution in [2.45, 2.75) is 44.6 Å². The number of nitriles is 1. The lowest BCUT2D eigenvalue weighted by atomic mass is 9.90. The van der Waals surface area contributed by atoms with Gasteiger partial charge in [0.05, 0.1) is 27.8 Å². The van der Waals surface area contributed by atoms with Gasteiger partial charge >= 0.3 is 0 Å². The minimum atomic E-state index is -1.19. The summed E-state index contributed by atoms with van der Waals surface area (Å²) in [6.07, 6.45) is 5.05. The van der Waals surface area contributed by atoms with Crippen LogP contribution in [-0.4, -0.2) is 38.8 Å². The second-order valence-corrected chi connectivity index (χ2v) is 8.05. The van der Waals surface area contributed by atoms with E-state index in [2.05, 4.69) is 11.1 Å². The van der Waals surface area contributed by atoms with Gasteiger partial charge in [-0.3, -0.25) is 9.00 Å². The molecule has 0 saturated carbocycles. The number of carbonyl (C=O) groups excluding carboxylic acids is 1. The zero-order chi connectivity index (χ0) is 16.9. The molecule has 0 unspecified atom stereocenters. The third kappa shape index (κ3) is 4.87. The van der Waals surface area contributed by atoms with Crippen LogP contribution in [0.15, 0.2) is 23.4 Å². The molecule has 0 aliphatic carbocycles. The lowest BCUT2D eigenvalue weighted by Gasteiger charge is -2.15. The van der Waals surface area contributed by atoms with Gasteiger partial charge in [-0.15, -0.1) is 0 Å². The summed E-state index contributed by atoms with van der Waals surface area (Å²) in [6, 6.07) is 5.63. The summed E-state index contributed by atoms with van der Waals surface area (Å²) in [5, 5.41) is 9.47. The Morgan fingerprint density at radius 3 is 2.65 bits per heavy atom. The van der Waals surface area contributed by atoms with Gasteiger partial charge in [0, 0.05) is 25.0 Å². The molecular formula is C17H23N3O2S. The van der Waals surface area contributed by atoms with Crippen molar-refractivity contribution in [1.29, 1.82) is 5.26 Å². The fourth-order valence-corrected chi connectivity index (χ4v) is 3.56. The van der Waals surface area contributed by atoms with Gasteiger partial charge < -0.3 is 4.90 Å². The Hall–Kier alpha value is -1.74. The van der Waals surface area contributed by atoms with Crippen LogP contribution in [0.4, 0.5) is 0 Å². The molecule has 0 bridgehead atoms. The van der Waals surface area contributed by atoms with E-state index >= 15 is 0 Å². The van der Waals surface area contributed by atoms with E-state index in [1.165, 1.54) is 6.20 Å². The van der Waals surface area contributed by atoms with Gasteiger partial charge in [0.1, 0.15) is 5.03 Å². The molecule has 124 valence electrons. The molecule has 1 aliphatic rings. The van der Waals surface area contributed by atoms with Gasteiger partial charge in [0.15, 0.2) is 0 Å². The van der Waals surface area contributed by atoms with Gasteiger partial charge in [-0.1, -0.05) is 0 Å². The maximum absolute atomic E-state index is 12.2. The number of rotatable bonds is 6. The summed E-state index contributed by atoms with van der Waals surface area (Å²) >= 11 is 0. The van der Waals surface area contributed by atoms with Crippen molar-refractivity contribution in [3.63, 3.8) is 0 Å². The maximum Gasteiger partial charge on any atom is 0.255 e. The van der Waals surface area contributed by atoms with Crippen LogP contribution in [0.3, 0.4) is 0 Å². The number of hydrogen-bond donors (Lipinski definition) is 0. The first-order chi connectivity index (χ1) is 10.9. The Morgan fingerprint density at radius 2 is 2.09 bits per heavy atom. The number of likely N-dealkylation sites (tertiary alicyclic amines) is 1. The molecule has 6 heteroatoms. The molecule has 1 aromatic rings. The smallest absolute Gasteiger partial charge is 0.255 e. The molecule has 5 nitrogen and oxygen atoms in total. The Morgan fingerprint density at radius 1 is 1.39 bits per heavy atom. The summed E-state index contributed by atoms with van der Waals surface area (Å²) in [4.78, 5) is 18.2. The van der Waals surface area contributed by atoms with Gasteiger partial charge in [0.25, 0.3) is 5.91 Å². The zero-order valence-corrected chi connectivity index (χ0v) is 14.6. The van der Waals surface area contributed by atoms with Crippen LogP contribution in [0, 0.1) is 16.7 Å². The number of aromatic nitrogens is 1. The topological polar surface area (TPSA) is 74.1 Å². The van der Waals surface area contributed by atoms with Gasteiger partial charge in [-0.25, -0.2) is 4.98 Å². The van der Waals surface area contributed by atoms with Crippen molar-refractivity contribution in [1.82, 2.24) is 9.88 Å². The van der Waals surface area contributed by atoms with Crippen LogP contribution in [0.2, 0.25) is 0 Å². The van der Waals surface area contributed by atoms with Crippen LogP contribution in [0.1, 0.15) is 49.9 Å². The SMILES string of the molecule is CC(C)(C#N)CCC[S@@](=O)c1ccc(C(=O)N2CCCC2)cn1. The van der Waals surface area contributed by atoms with Crippen LogP contribution in [0.5, 0.6) is 0 Å². The van der Waals surface area contributed by atoms with Crippen LogP contribution in [-0.2, 0) is 10.8 Å². The molecule has 1 aliphatic heterocycles. The average molecular weight is 333 g/mol. The van der Waals surface area contributed by atoms with E-state index in [1.54, 1.807) is 12.1 Å². The molecule has 1 aromatic heterocycles. The van der Waals surface area contributed by atoms with Crippen molar-refractivity contribution in [2.24, 2.45) is 5.41 Å². The highest BCUT2D eigenvalue weighted by Crippen LogP contribution is 2.21. The predicted molar refractivity (Wildman–Crippen MR) is 89.3 cm³/mol. The first-order valence-electron chi connectivity index (χ1n) is 7.98. The van der Waals surface area contributed by atoms with Crippen molar-refractivity contribution < 1.29 is 9.00 Å². The summed E-state index contributed by atoms with van der Waals surface area (Å²) in [6.45, 7) is 5.38. The lowest BCUT2D eigenvalue weighted by molar-refractivity contribution is 0.0792. The molecule has 0 N–H and O–H groups in total. The molecular weight excluding hydrogens is 310 g/mol. The first kappa shape index (κ1) is 17.6. The van der Waals surface area contributed by atoms with Crippen molar-refractivity contribution in [2.75, 3.05) is 18.8 Å². The van der Waals surface area contributed by atoms with Crippen LogP contribution in [0.25, 0.3) is 0 Å². The molecule has 0 aromatic carbocycles. The molecule has 1 amide bonds. The zero-order valence-electron chi connectivity index (χ0n) is 13.7. The maximum atomic E-state index is 12.2. The number of nitrogens with zero attached hydrogens (tertiary/aromatic N) is 3. The van der Waals surface area contributed by atoms with Gasteiger partial charge in [-0.05, 0) is 51.7 Å². The molecule has 0 radical (unpaired) electrons. The summed E-state index contributed by atoms with van der Waals surface area (Å²) in [5.41, 5.74) is 0.169. The Labute approximate surface area is 140 Å². The van der Waals surface area contributed by atoms with Gasteiger partial charge in [-0.2, -0.15) is 5.26 Å². The molecule has 2 heterocycles. The number of hydrogen-bond acceptors (Lipinski definition) is 4. The molecule has 23 heavy (non-hydrogen) atoms. The molecule has 1 saturated heterocycles. The fourth-order valence-electron chi connectivity index (χ4n) is 2.55. The van der Waals surface area contributed by atoms with Gasteiger partial charge in [0.2, 0.25) is 0 Å². The molecule has 1 atom stereocenters. The quantitative estimate of drug-likeness (QED) is 0.802. The van der Waals surface area contributed by atoms with E-state index in [1.807, 2.05) is 18.7 Å². The van der Waals surface area contributed by atoms with Crippen molar-refractivity contribution in [3.8, 4) is 6.07 Å². The summed E-state index contributed by atoms with van der Waals surface area (Å²) in [7, 11) is -1.19. The second-order valence-electron chi connectivity index (χ2n) is 6.53. The summed E-state index contributed by atoms with van der Waals surface area (Å²) < 4.78 is 12.2. The minimum Gasteiger partial charge on any atom is -0.339 e. The van der Waals surface area contributed by atoms with E-state index in [0.717, 1.165) is 25.9 Å². The third-order valence-corrected chi connectivity index (χ3v) is 5.41. The predicted octanol–water partition coefficient (Wildman–Crippen LogP) is 2.76. The highest BCUT2D eigenvalue weighted by Gasteiger charge is 2.20. The molecule has 0 spiro atoms. The van der Waals surface area contributed by atoms with E-state index < -0.39 is 10.8 Å². The average Bonchev–Trinajstić information content (AvgIpc) is 3.08. The normalized spacial score (nSPS) is 16.1. The largest absolute Gasteiger partial charge is 0.339 e. The minimum absolute atomic E-state index is 0.00287. The highest BCUT2D eigenvalue weighted by atomic mass is 32.2. The van der Waals surface area contributed by atoms with E-state index in [4.69, 9.17) is 5.26 Å². The lowest BCUT2D eigenvalue weighted by Crippen LogP contribution is -2.27. The number of pyridine rings is 1. The number of carbonyl (C=O) groups is 1. The monoisotopic (exact) mass is 333 g/mol. The fraction of sp³-hybridized carbons (Fsp3) is 0.588. The standard InChI is InChI=1S/C17H23N3O2S/c1-17(2,13-18)8-5-11-23(22)15-7-6-14(12-19-15)16(21)20-9-3-4-10-20/h6-7,12H,3-5,8-11H2,1-2H3/t23-/m1/s1. The van der Waals surface area contributed by atoms with Crippen LogP contribution < -0.4 is 0 Å². The number of amides is 1. The molecule has 2 rings (SSSR count). The Kier molecular flexibility index (Phi) is 5.89. The van der Waals surface area contributed by atoms with E-state index in [9.17, 15) is 9.00 Å². The van der Waals surface area contributed by atoms with Crippen molar-refractivity contribution in [3.05, 3.63) is 23.9 Å². The summed E-state index contributed by atoms with van der Waals surface area (Å²) in [5.74, 6) is 0.487. The Bertz CT molecular complexity index is 614. The Balaban J connectivity index is 1.90. The first-order valence-corrected chi connectivity index (χ1v) is 9.30. The molecule has 1 fully saturated rings. The van der Waals surface area contributed by atoms with E-state index in [-0.39, 0.29) is 11.3 Å². The third-order valence-electron chi connectivity index (χ3n) is 4.04. The highest BCUT2D eigenvalue weighted by molar-refractivity contribution is 7.84. The second kappa shape index (κ2) is 7.69.